The predicted octanol–water partition coefficient (Wildman–Crippen LogP) is 2.52. The third kappa shape index (κ3) is 5.21. The third-order valence-corrected chi connectivity index (χ3v) is 3.87. The minimum absolute atomic E-state index is 0.279. The summed E-state index contributed by atoms with van der Waals surface area (Å²) >= 11 is 0. The maximum atomic E-state index is 5.78. The zero-order valence-corrected chi connectivity index (χ0v) is 13.5. The van der Waals surface area contributed by atoms with Gasteiger partial charge in [0.15, 0.2) is 0 Å². The molecule has 0 radical (unpaired) electrons. The van der Waals surface area contributed by atoms with Crippen LogP contribution in [0.4, 0.5) is 0 Å². The summed E-state index contributed by atoms with van der Waals surface area (Å²) in [6.07, 6.45) is 7.36. The van der Waals surface area contributed by atoms with Crippen LogP contribution in [0.25, 0.3) is 0 Å². The molecule has 20 heavy (non-hydrogen) atoms. The fraction of sp³-hybridized carbons (Fsp3) is 0.867. The van der Waals surface area contributed by atoms with Crippen LogP contribution in [0, 0.1) is 11.8 Å². The first-order valence-electron chi connectivity index (χ1n) is 7.95. The van der Waals surface area contributed by atoms with Crippen molar-refractivity contribution < 1.29 is 0 Å². The van der Waals surface area contributed by atoms with E-state index >= 15 is 0 Å². The highest BCUT2D eigenvalue weighted by molar-refractivity contribution is 4.91. The topological polar surface area (TPSA) is 68.8 Å². The summed E-state index contributed by atoms with van der Waals surface area (Å²) in [5.41, 5.74) is 3.00. The van der Waals surface area contributed by atoms with Gasteiger partial charge >= 0.3 is 0 Å². The zero-order chi connectivity index (χ0) is 15.0. The van der Waals surface area contributed by atoms with Crippen LogP contribution in [0.2, 0.25) is 0 Å². The Hall–Kier alpha value is -0.940. The fourth-order valence-corrected chi connectivity index (χ4v) is 2.66. The molecule has 0 saturated heterocycles. The first kappa shape index (κ1) is 17.1. The van der Waals surface area contributed by atoms with Crippen LogP contribution in [0.3, 0.4) is 0 Å². The molecule has 5 heteroatoms. The summed E-state index contributed by atoms with van der Waals surface area (Å²) in [7, 11) is 0. The number of nitrogens with two attached hydrogens (primary N) is 1. The quantitative estimate of drug-likeness (QED) is 0.511. The van der Waals surface area contributed by atoms with Crippen LogP contribution in [0.1, 0.15) is 59.2 Å². The second-order valence-electron chi connectivity index (χ2n) is 6.04. The molecule has 0 bridgehead atoms. The Labute approximate surface area is 123 Å². The highest BCUT2D eigenvalue weighted by atomic mass is 15.3. The smallest absolute Gasteiger partial charge is 0.138 e. The number of unbranched alkanes of at least 4 members (excludes halogenated alkanes) is 1. The molecule has 2 atom stereocenters. The second-order valence-corrected chi connectivity index (χ2v) is 6.04. The molecule has 0 aliphatic heterocycles. The molecule has 116 valence electrons. The number of hydrogen-bond donors (Lipinski definition) is 2. The minimum Gasteiger partial charge on any atom is -0.271 e. The van der Waals surface area contributed by atoms with Crippen LogP contribution in [0.15, 0.2) is 6.33 Å². The molecule has 2 unspecified atom stereocenters. The molecule has 1 rings (SSSR count). The van der Waals surface area contributed by atoms with Crippen LogP contribution >= 0.6 is 0 Å². The van der Waals surface area contributed by atoms with E-state index in [-0.39, 0.29) is 6.04 Å². The summed E-state index contributed by atoms with van der Waals surface area (Å²) < 4.78 is 2.02. The van der Waals surface area contributed by atoms with E-state index in [1.54, 1.807) is 6.33 Å². The SMILES string of the molecule is CCCCC(CC)C(Cc1ncnn1CC(C)C)NN. The number of nitrogens with one attached hydrogen (secondary N) is 1. The second kappa shape index (κ2) is 9.08. The third-order valence-electron chi connectivity index (χ3n) is 3.87. The molecule has 0 saturated carbocycles. The lowest BCUT2D eigenvalue weighted by atomic mass is 9.89. The van der Waals surface area contributed by atoms with E-state index < -0.39 is 0 Å². The van der Waals surface area contributed by atoms with Gasteiger partial charge in [0.25, 0.3) is 0 Å². The Balaban J connectivity index is 2.69. The lowest BCUT2D eigenvalue weighted by Gasteiger charge is -2.25. The van der Waals surface area contributed by atoms with Crippen molar-refractivity contribution in [3.05, 3.63) is 12.2 Å². The molecule has 0 aliphatic rings. The first-order chi connectivity index (χ1) is 9.62. The van der Waals surface area contributed by atoms with Gasteiger partial charge in [0.1, 0.15) is 12.2 Å². The molecule has 0 fully saturated rings. The average molecular weight is 281 g/mol. The predicted molar refractivity (Wildman–Crippen MR) is 83.0 cm³/mol. The van der Waals surface area contributed by atoms with Crippen molar-refractivity contribution in [2.45, 2.75) is 72.4 Å². The van der Waals surface area contributed by atoms with Crippen molar-refractivity contribution in [1.82, 2.24) is 20.2 Å². The Morgan fingerprint density at radius 3 is 2.65 bits per heavy atom. The summed E-state index contributed by atoms with van der Waals surface area (Å²) in [4.78, 5) is 4.41. The van der Waals surface area contributed by atoms with Gasteiger partial charge in [-0.2, -0.15) is 5.10 Å². The highest BCUT2D eigenvalue weighted by Crippen LogP contribution is 2.19. The normalized spacial score (nSPS) is 14.7. The van der Waals surface area contributed by atoms with Crippen molar-refractivity contribution in [2.75, 3.05) is 0 Å². The van der Waals surface area contributed by atoms with Crippen LogP contribution in [-0.4, -0.2) is 20.8 Å². The number of hydrazine groups is 1. The lowest BCUT2D eigenvalue weighted by molar-refractivity contribution is 0.309. The standard InChI is InChI=1S/C15H31N5/c1-5-7-8-13(6-2)14(19-16)9-15-17-11-18-20(15)10-12(3)4/h11-14,19H,5-10,16H2,1-4H3. The van der Waals surface area contributed by atoms with Gasteiger partial charge in [0, 0.05) is 19.0 Å². The summed E-state index contributed by atoms with van der Waals surface area (Å²) in [6.45, 7) is 9.78. The zero-order valence-electron chi connectivity index (χ0n) is 13.5. The molecular formula is C15H31N5. The van der Waals surface area contributed by atoms with Gasteiger partial charge in [0.2, 0.25) is 0 Å². The van der Waals surface area contributed by atoms with E-state index in [2.05, 4.69) is 43.2 Å². The molecule has 1 heterocycles. The monoisotopic (exact) mass is 281 g/mol. The Bertz CT molecular complexity index is 361. The van der Waals surface area contributed by atoms with E-state index in [1.807, 2.05) is 4.68 Å². The molecule has 0 aromatic carbocycles. The number of hydrogen-bond acceptors (Lipinski definition) is 4. The number of aromatic nitrogens is 3. The first-order valence-corrected chi connectivity index (χ1v) is 7.95. The average Bonchev–Trinajstić information content (AvgIpc) is 2.84. The highest BCUT2D eigenvalue weighted by Gasteiger charge is 2.21. The Morgan fingerprint density at radius 2 is 2.10 bits per heavy atom. The van der Waals surface area contributed by atoms with Gasteiger partial charge in [-0.15, -0.1) is 0 Å². The van der Waals surface area contributed by atoms with Crippen LogP contribution in [-0.2, 0) is 13.0 Å². The number of nitrogens with zero attached hydrogens (tertiary/aromatic N) is 3. The maximum Gasteiger partial charge on any atom is 0.138 e. The number of rotatable bonds is 10. The summed E-state index contributed by atoms with van der Waals surface area (Å²) in [6, 6.07) is 0.279. The van der Waals surface area contributed by atoms with Gasteiger partial charge in [-0.1, -0.05) is 47.0 Å². The molecule has 3 N–H and O–H groups in total. The van der Waals surface area contributed by atoms with Crippen LogP contribution < -0.4 is 11.3 Å². The van der Waals surface area contributed by atoms with Crippen molar-refractivity contribution in [2.24, 2.45) is 17.7 Å². The van der Waals surface area contributed by atoms with E-state index in [9.17, 15) is 0 Å². The van der Waals surface area contributed by atoms with Crippen molar-refractivity contribution >= 4 is 0 Å². The largest absolute Gasteiger partial charge is 0.271 e. The van der Waals surface area contributed by atoms with E-state index in [4.69, 9.17) is 5.84 Å². The van der Waals surface area contributed by atoms with Crippen molar-refractivity contribution in [3.8, 4) is 0 Å². The lowest BCUT2D eigenvalue weighted by Crippen LogP contribution is -2.43. The van der Waals surface area contributed by atoms with Crippen molar-refractivity contribution in [3.63, 3.8) is 0 Å². The summed E-state index contributed by atoms with van der Waals surface area (Å²) in [5, 5.41) is 4.33. The maximum absolute atomic E-state index is 5.78. The fourth-order valence-electron chi connectivity index (χ4n) is 2.66. The van der Waals surface area contributed by atoms with E-state index in [0.29, 0.717) is 11.8 Å². The van der Waals surface area contributed by atoms with Gasteiger partial charge in [-0.25, -0.2) is 9.67 Å². The Kier molecular flexibility index (Phi) is 7.77. The van der Waals surface area contributed by atoms with Crippen molar-refractivity contribution in [1.29, 1.82) is 0 Å². The molecule has 0 spiro atoms. The van der Waals surface area contributed by atoms with E-state index in [1.165, 1.54) is 19.3 Å². The van der Waals surface area contributed by atoms with Gasteiger partial charge in [-0.05, 0) is 18.3 Å². The molecule has 1 aromatic heterocycles. The Morgan fingerprint density at radius 1 is 1.35 bits per heavy atom. The molecule has 0 amide bonds. The molecular weight excluding hydrogens is 250 g/mol. The van der Waals surface area contributed by atoms with Crippen LogP contribution in [0.5, 0.6) is 0 Å². The van der Waals surface area contributed by atoms with E-state index in [0.717, 1.165) is 25.2 Å². The van der Waals surface area contributed by atoms with Gasteiger partial charge < -0.3 is 0 Å². The molecule has 0 aliphatic carbocycles. The minimum atomic E-state index is 0.279. The van der Waals surface area contributed by atoms with Gasteiger partial charge in [-0.3, -0.25) is 11.3 Å². The van der Waals surface area contributed by atoms with Gasteiger partial charge in [0.05, 0.1) is 0 Å². The molecule has 1 aromatic rings. The molecule has 5 nitrogen and oxygen atoms in total. The summed E-state index contributed by atoms with van der Waals surface area (Å²) in [5.74, 6) is 7.99.